The van der Waals surface area contributed by atoms with E-state index in [0.717, 1.165) is 25.9 Å². The summed E-state index contributed by atoms with van der Waals surface area (Å²) < 4.78 is 0. The number of hydrogen-bond donors (Lipinski definition) is 3. The fourth-order valence-corrected chi connectivity index (χ4v) is 2.65. The molecule has 0 radical (unpaired) electrons. The first kappa shape index (κ1) is 19.6. The molecule has 1 aliphatic rings. The first-order valence-corrected chi connectivity index (χ1v) is 7.89. The minimum atomic E-state index is -0.363. The number of rotatable bonds is 4. The number of H-pyrrole nitrogens is 1. The van der Waals surface area contributed by atoms with Crippen LogP contribution in [0.1, 0.15) is 55.5 Å². The van der Waals surface area contributed by atoms with E-state index in [9.17, 15) is 9.59 Å². The summed E-state index contributed by atoms with van der Waals surface area (Å²) in [5.41, 5.74) is -0.0160. The molecule has 130 valence electrons. The van der Waals surface area contributed by atoms with Crippen molar-refractivity contribution < 1.29 is 4.79 Å². The van der Waals surface area contributed by atoms with E-state index in [1.165, 1.54) is 0 Å². The number of carbonyl (C=O) groups is 1. The van der Waals surface area contributed by atoms with Crippen LogP contribution in [0, 0.1) is 12.8 Å². The molecule has 2 rings (SSSR count). The molecule has 2 heterocycles. The predicted molar refractivity (Wildman–Crippen MR) is 93.5 cm³/mol. The molecule has 1 fully saturated rings. The van der Waals surface area contributed by atoms with E-state index in [2.05, 4.69) is 20.6 Å². The van der Waals surface area contributed by atoms with Crippen LogP contribution in [0.5, 0.6) is 0 Å². The van der Waals surface area contributed by atoms with Gasteiger partial charge in [0.15, 0.2) is 0 Å². The second kappa shape index (κ2) is 7.93. The summed E-state index contributed by atoms with van der Waals surface area (Å²) in [6, 6.07) is 0. The van der Waals surface area contributed by atoms with Gasteiger partial charge >= 0.3 is 0 Å². The average Bonchev–Trinajstić information content (AvgIpc) is 2.90. The summed E-state index contributed by atoms with van der Waals surface area (Å²) in [7, 11) is 0. The lowest BCUT2D eigenvalue weighted by Crippen LogP contribution is -2.34. The number of nitrogens with one attached hydrogen (secondary N) is 3. The van der Waals surface area contributed by atoms with Gasteiger partial charge in [0.05, 0.1) is 5.69 Å². The standard InChI is InChI=1S/C16H26N4O2.ClH/c1-10-12(14(22)20-15(19-10)16(2,3)4)13(21)18-8-6-11-5-7-17-9-11;/h11,17H,5-9H2,1-4H3,(H,18,21)(H,19,20,22);1H. The number of carbonyl (C=O) groups excluding carboxylic acids is 1. The molecule has 0 saturated carbocycles. The summed E-state index contributed by atoms with van der Waals surface area (Å²) in [4.78, 5) is 31.6. The molecule has 0 aliphatic carbocycles. The second-order valence-corrected chi connectivity index (χ2v) is 7.03. The molecule has 0 spiro atoms. The number of nitrogens with zero attached hydrogens (tertiary/aromatic N) is 1. The van der Waals surface area contributed by atoms with Gasteiger partial charge in [-0.3, -0.25) is 9.59 Å². The number of halogens is 1. The largest absolute Gasteiger partial charge is 0.352 e. The molecule has 7 heteroatoms. The minimum Gasteiger partial charge on any atom is -0.352 e. The Hall–Kier alpha value is -1.40. The Labute approximate surface area is 143 Å². The first-order chi connectivity index (χ1) is 10.3. The van der Waals surface area contributed by atoms with Gasteiger partial charge in [0.1, 0.15) is 11.4 Å². The van der Waals surface area contributed by atoms with Gasteiger partial charge in [-0.15, -0.1) is 12.4 Å². The van der Waals surface area contributed by atoms with Crippen LogP contribution in [0.15, 0.2) is 4.79 Å². The fourth-order valence-electron chi connectivity index (χ4n) is 2.65. The molecular weight excluding hydrogens is 316 g/mol. The Morgan fingerprint density at radius 3 is 2.61 bits per heavy atom. The average molecular weight is 343 g/mol. The molecule has 0 aromatic carbocycles. The van der Waals surface area contributed by atoms with Crippen LogP contribution in [0.4, 0.5) is 0 Å². The zero-order valence-corrected chi connectivity index (χ0v) is 15.1. The van der Waals surface area contributed by atoms with Crippen LogP contribution in [0.2, 0.25) is 0 Å². The number of aryl methyl sites for hydroxylation is 1. The lowest BCUT2D eigenvalue weighted by molar-refractivity contribution is 0.0949. The van der Waals surface area contributed by atoms with E-state index in [1.54, 1.807) is 6.92 Å². The molecular formula is C16H27ClN4O2. The Morgan fingerprint density at radius 1 is 1.39 bits per heavy atom. The highest BCUT2D eigenvalue weighted by atomic mass is 35.5. The van der Waals surface area contributed by atoms with Crippen molar-refractivity contribution in [1.82, 2.24) is 20.6 Å². The topological polar surface area (TPSA) is 86.9 Å². The van der Waals surface area contributed by atoms with Crippen LogP contribution in [-0.2, 0) is 5.41 Å². The predicted octanol–water partition coefficient (Wildman–Crippen LogP) is 1.53. The third kappa shape index (κ3) is 5.04. The monoisotopic (exact) mass is 342 g/mol. The quantitative estimate of drug-likeness (QED) is 0.774. The maximum absolute atomic E-state index is 12.2. The van der Waals surface area contributed by atoms with Crippen LogP contribution < -0.4 is 16.2 Å². The van der Waals surface area contributed by atoms with Crippen molar-refractivity contribution in [2.45, 2.75) is 46.0 Å². The molecule has 23 heavy (non-hydrogen) atoms. The van der Waals surface area contributed by atoms with Crippen LogP contribution in [0.3, 0.4) is 0 Å². The lowest BCUT2D eigenvalue weighted by atomic mass is 9.95. The summed E-state index contributed by atoms with van der Waals surface area (Å²) in [6.07, 6.45) is 2.08. The molecule has 1 amide bonds. The van der Waals surface area contributed by atoms with Gasteiger partial charge in [0.2, 0.25) is 0 Å². The zero-order valence-electron chi connectivity index (χ0n) is 14.3. The van der Waals surface area contributed by atoms with Gasteiger partial charge < -0.3 is 15.6 Å². The van der Waals surface area contributed by atoms with E-state index in [4.69, 9.17) is 0 Å². The smallest absolute Gasteiger partial charge is 0.264 e. The third-order valence-electron chi connectivity index (χ3n) is 4.04. The van der Waals surface area contributed by atoms with Crippen molar-refractivity contribution in [3.8, 4) is 0 Å². The van der Waals surface area contributed by atoms with Crippen molar-refractivity contribution in [3.05, 3.63) is 27.4 Å². The first-order valence-electron chi connectivity index (χ1n) is 7.89. The normalized spacial score (nSPS) is 17.7. The van der Waals surface area contributed by atoms with Crippen molar-refractivity contribution in [2.24, 2.45) is 5.92 Å². The number of amides is 1. The highest BCUT2D eigenvalue weighted by Crippen LogP contribution is 2.17. The van der Waals surface area contributed by atoms with Gasteiger partial charge in [0, 0.05) is 12.0 Å². The Balaban J connectivity index is 0.00000264. The summed E-state index contributed by atoms with van der Waals surface area (Å²) in [5, 5.41) is 6.14. The summed E-state index contributed by atoms with van der Waals surface area (Å²) in [5.74, 6) is 0.877. The van der Waals surface area contributed by atoms with E-state index in [1.807, 2.05) is 20.8 Å². The van der Waals surface area contributed by atoms with Crippen LogP contribution in [0.25, 0.3) is 0 Å². The SMILES string of the molecule is Cc1nc(C(C)(C)C)[nH]c(=O)c1C(=O)NCCC1CCNC1.Cl. The number of aromatic nitrogens is 2. The van der Waals surface area contributed by atoms with Crippen LogP contribution in [-0.4, -0.2) is 35.5 Å². The second-order valence-electron chi connectivity index (χ2n) is 7.03. The molecule has 1 aromatic rings. The van der Waals surface area contributed by atoms with Crippen molar-refractivity contribution >= 4 is 18.3 Å². The number of hydrogen-bond acceptors (Lipinski definition) is 4. The third-order valence-corrected chi connectivity index (χ3v) is 4.04. The van der Waals surface area contributed by atoms with E-state index >= 15 is 0 Å². The summed E-state index contributed by atoms with van der Waals surface area (Å²) in [6.45, 7) is 10.3. The van der Waals surface area contributed by atoms with Crippen molar-refractivity contribution in [1.29, 1.82) is 0 Å². The molecule has 1 aromatic heterocycles. The Morgan fingerprint density at radius 2 is 2.09 bits per heavy atom. The van der Waals surface area contributed by atoms with Gasteiger partial charge in [-0.2, -0.15) is 0 Å². The molecule has 1 atom stereocenters. The van der Waals surface area contributed by atoms with Gasteiger partial charge in [-0.25, -0.2) is 4.98 Å². The Bertz CT molecular complexity index is 601. The molecule has 0 bridgehead atoms. The van der Waals surface area contributed by atoms with Crippen LogP contribution >= 0.6 is 12.4 Å². The molecule has 1 aliphatic heterocycles. The van der Waals surface area contributed by atoms with E-state index < -0.39 is 0 Å². The zero-order chi connectivity index (χ0) is 16.3. The van der Waals surface area contributed by atoms with Gasteiger partial charge in [-0.05, 0) is 38.8 Å². The highest BCUT2D eigenvalue weighted by Gasteiger charge is 2.22. The minimum absolute atomic E-state index is 0. The maximum Gasteiger partial charge on any atom is 0.264 e. The summed E-state index contributed by atoms with van der Waals surface area (Å²) >= 11 is 0. The van der Waals surface area contributed by atoms with Crippen molar-refractivity contribution in [3.63, 3.8) is 0 Å². The molecule has 3 N–H and O–H groups in total. The van der Waals surface area contributed by atoms with Gasteiger partial charge in [-0.1, -0.05) is 20.8 Å². The van der Waals surface area contributed by atoms with Crippen molar-refractivity contribution in [2.75, 3.05) is 19.6 Å². The fraction of sp³-hybridized carbons (Fsp3) is 0.688. The maximum atomic E-state index is 12.2. The number of aromatic amines is 1. The molecule has 1 unspecified atom stereocenters. The van der Waals surface area contributed by atoms with E-state index in [0.29, 0.717) is 24.0 Å². The highest BCUT2D eigenvalue weighted by molar-refractivity contribution is 5.94. The molecule has 6 nitrogen and oxygen atoms in total. The van der Waals surface area contributed by atoms with E-state index in [-0.39, 0.29) is 34.9 Å². The van der Waals surface area contributed by atoms with Gasteiger partial charge in [0.25, 0.3) is 11.5 Å². The lowest BCUT2D eigenvalue weighted by Gasteiger charge is -2.18. The molecule has 1 saturated heterocycles. The Kier molecular flexibility index (Phi) is 6.77.